The first-order valence-corrected chi connectivity index (χ1v) is 9.78. The van der Waals surface area contributed by atoms with Crippen molar-refractivity contribution < 1.29 is 4.92 Å². The molecule has 0 radical (unpaired) electrons. The molecule has 0 spiro atoms. The standard InChI is InChI=1S/C18H20N6O2S/c1-2-17-20-18(27-21-17)23-9-3-8-22(10-11-23)15-4-5-16(24(25)26)14-12-19-7-6-13(14)15/h4-7,12H,2-3,8-11H2,1H3. The van der Waals surface area contributed by atoms with Crippen LogP contribution in [-0.2, 0) is 6.42 Å². The topological polar surface area (TPSA) is 88.3 Å². The number of nitrogens with zero attached hydrogens (tertiary/aromatic N) is 6. The van der Waals surface area contributed by atoms with Crippen LogP contribution in [-0.4, -0.2) is 45.4 Å². The van der Waals surface area contributed by atoms with Crippen molar-refractivity contribution in [2.45, 2.75) is 19.8 Å². The summed E-state index contributed by atoms with van der Waals surface area (Å²) in [4.78, 5) is 24.2. The molecule has 1 fully saturated rings. The lowest BCUT2D eigenvalue weighted by Gasteiger charge is -2.24. The molecule has 1 aliphatic heterocycles. The minimum absolute atomic E-state index is 0.0965. The highest BCUT2D eigenvalue weighted by Crippen LogP contribution is 2.33. The van der Waals surface area contributed by atoms with Gasteiger partial charge in [-0.1, -0.05) is 6.92 Å². The first-order valence-electron chi connectivity index (χ1n) is 9.01. The van der Waals surface area contributed by atoms with Crippen LogP contribution in [0.25, 0.3) is 10.8 Å². The van der Waals surface area contributed by atoms with Crippen molar-refractivity contribution in [2.75, 3.05) is 36.0 Å². The molecule has 0 saturated carbocycles. The van der Waals surface area contributed by atoms with Gasteiger partial charge in [-0.2, -0.15) is 4.37 Å². The highest BCUT2D eigenvalue weighted by atomic mass is 32.1. The average molecular weight is 384 g/mol. The molecule has 0 amide bonds. The Balaban J connectivity index is 1.61. The molecule has 0 bridgehead atoms. The van der Waals surface area contributed by atoms with E-state index in [1.807, 2.05) is 12.1 Å². The molecule has 0 aliphatic carbocycles. The Morgan fingerprint density at radius 1 is 1.15 bits per heavy atom. The molecule has 2 aromatic heterocycles. The maximum Gasteiger partial charge on any atom is 0.278 e. The highest BCUT2D eigenvalue weighted by Gasteiger charge is 2.21. The van der Waals surface area contributed by atoms with Gasteiger partial charge >= 0.3 is 0 Å². The molecule has 3 aromatic rings. The Morgan fingerprint density at radius 3 is 2.74 bits per heavy atom. The van der Waals surface area contributed by atoms with E-state index in [4.69, 9.17) is 0 Å². The number of hydrogen-bond acceptors (Lipinski definition) is 8. The summed E-state index contributed by atoms with van der Waals surface area (Å²) in [5.41, 5.74) is 1.12. The molecule has 1 aliphatic rings. The number of nitro groups is 1. The van der Waals surface area contributed by atoms with Crippen molar-refractivity contribution in [3.63, 3.8) is 0 Å². The predicted octanol–water partition coefficient (Wildman–Crippen LogP) is 3.27. The lowest BCUT2D eigenvalue weighted by molar-refractivity contribution is -0.383. The van der Waals surface area contributed by atoms with E-state index in [0.29, 0.717) is 5.39 Å². The number of aromatic nitrogens is 3. The van der Waals surface area contributed by atoms with E-state index in [1.54, 1.807) is 18.5 Å². The third kappa shape index (κ3) is 3.42. The Morgan fingerprint density at radius 2 is 1.96 bits per heavy atom. The monoisotopic (exact) mass is 384 g/mol. The summed E-state index contributed by atoms with van der Waals surface area (Å²) in [6, 6.07) is 5.30. The first kappa shape index (κ1) is 17.6. The fourth-order valence-electron chi connectivity index (χ4n) is 3.46. The van der Waals surface area contributed by atoms with Gasteiger partial charge in [-0.3, -0.25) is 15.1 Å². The molecule has 1 aromatic carbocycles. The van der Waals surface area contributed by atoms with Crippen LogP contribution in [0.15, 0.2) is 30.6 Å². The third-order valence-corrected chi connectivity index (χ3v) is 5.66. The quantitative estimate of drug-likeness (QED) is 0.504. The number of rotatable bonds is 4. The van der Waals surface area contributed by atoms with Crippen molar-refractivity contribution in [3.8, 4) is 0 Å². The van der Waals surface area contributed by atoms with Crippen molar-refractivity contribution >= 4 is 38.8 Å². The largest absolute Gasteiger partial charge is 0.369 e. The maximum absolute atomic E-state index is 11.3. The van der Waals surface area contributed by atoms with Crippen molar-refractivity contribution in [2.24, 2.45) is 0 Å². The zero-order chi connectivity index (χ0) is 18.8. The number of nitro benzene ring substituents is 1. The smallest absolute Gasteiger partial charge is 0.278 e. The summed E-state index contributed by atoms with van der Waals surface area (Å²) < 4.78 is 4.39. The van der Waals surface area contributed by atoms with E-state index in [0.717, 1.165) is 61.1 Å². The van der Waals surface area contributed by atoms with E-state index < -0.39 is 0 Å². The Bertz CT molecular complexity index is 975. The van der Waals surface area contributed by atoms with E-state index in [1.165, 1.54) is 11.5 Å². The zero-order valence-corrected chi connectivity index (χ0v) is 15.9. The highest BCUT2D eigenvalue weighted by molar-refractivity contribution is 7.09. The van der Waals surface area contributed by atoms with Crippen LogP contribution in [0, 0.1) is 10.1 Å². The molecule has 0 atom stereocenters. The second kappa shape index (κ2) is 7.43. The van der Waals surface area contributed by atoms with E-state index in [2.05, 4.69) is 31.1 Å². The Hall–Kier alpha value is -2.81. The lowest BCUT2D eigenvalue weighted by atomic mass is 10.1. The van der Waals surface area contributed by atoms with Crippen LogP contribution >= 0.6 is 11.5 Å². The normalized spacial score (nSPS) is 15.1. The number of benzene rings is 1. The number of anilines is 2. The van der Waals surface area contributed by atoms with E-state index in [-0.39, 0.29) is 10.6 Å². The van der Waals surface area contributed by atoms with Gasteiger partial charge in [-0.25, -0.2) is 4.98 Å². The fraction of sp³-hybridized carbons (Fsp3) is 0.389. The van der Waals surface area contributed by atoms with Crippen molar-refractivity contribution in [3.05, 3.63) is 46.5 Å². The molecule has 9 heteroatoms. The summed E-state index contributed by atoms with van der Waals surface area (Å²) in [5, 5.41) is 13.8. The fourth-order valence-corrected chi connectivity index (χ4v) is 4.26. The minimum Gasteiger partial charge on any atom is -0.369 e. The van der Waals surface area contributed by atoms with Crippen LogP contribution in [0.3, 0.4) is 0 Å². The van der Waals surface area contributed by atoms with Crippen LogP contribution in [0.4, 0.5) is 16.5 Å². The molecule has 4 rings (SSSR count). The van der Waals surface area contributed by atoms with Crippen LogP contribution in [0.5, 0.6) is 0 Å². The molecule has 1 saturated heterocycles. The van der Waals surface area contributed by atoms with Gasteiger partial charge in [-0.05, 0) is 18.6 Å². The molecular formula is C18H20N6O2S. The third-order valence-electron chi connectivity index (χ3n) is 4.85. The second-order valence-corrected chi connectivity index (χ2v) is 7.19. The summed E-state index contributed by atoms with van der Waals surface area (Å²) >= 11 is 1.46. The zero-order valence-electron chi connectivity index (χ0n) is 15.0. The van der Waals surface area contributed by atoms with Gasteiger partial charge in [0.2, 0.25) is 5.13 Å². The average Bonchev–Trinajstić information content (AvgIpc) is 3.04. The van der Waals surface area contributed by atoms with Gasteiger partial charge in [0, 0.05) is 73.7 Å². The summed E-state index contributed by atoms with van der Waals surface area (Å²) in [6.45, 7) is 5.56. The van der Waals surface area contributed by atoms with Crippen LogP contribution < -0.4 is 9.80 Å². The van der Waals surface area contributed by atoms with E-state index >= 15 is 0 Å². The van der Waals surface area contributed by atoms with Crippen molar-refractivity contribution in [1.82, 2.24) is 14.3 Å². The number of aryl methyl sites for hydroxylation is 1. The molecule has 140 valence electrons. The van der Waals surface area contributed by atoms with Crippen molar-refractivity contribution in [1.29, 1.82) is 0 Å². The molecule has 0 unspecified atom stereocenters. The summed E-state index contributed by atoms with van der Waals surface area (Å²) in [7, 11) is 0. The molecule has 3 heterocycles. The Kier molecular flexibility index (Phi) is 4.85. The lowest BCUT2D eigenvalue weighted by Crippen LogP contribution is -2.30. The Labute approximate surface area is 160 Å². The van der Waals surface area contributed by atoms with Crippen LogP contribution in [0.1, 0.15) is 19.2 Å². The van der Waals surface area contributed by atoms with Gasteiger partial charge in [0.25, 0.3) is 5.69 Å². The molecule has 0 N–H and O–H groups in total. The molecule has 8 nitrogen and oxygen atoms in total. The van der Waals surface area contributed by atoms with Gasteiger partial charge in [0.05, 0.1) is 10.3 Å². The minimum atomic E-state index is -0.348. The first-order chi connectivity index (χ1) is 13.2. The van der Waals surface area contributed by atoms with E-state index in [9.17, 15) is 10.1 Å². The van der Waals surface area contributed by atoms with Crippen LogP contribution in [0.2, 0.25) is 0 Å². The number of fused-ring (bicyclic) bond motifs is 1. The number of hydrogen-bond donors (Lipinski definition) is 0. The number of pyridine rings is 1. The molecular weight excluding hydrogens is 364 g/mol. The summed E-state index contributed by atoms with van der Waals surface area (Å²) in [6.07, 6.45) is 5.10. The van der Waals surface area contributed by atoms with Gasteiger partial charge in [0.15, 0.2) is 0 Å². The van der Waals surface area contributed by atoms with Gasteiger partial charge < -0.3 is 9.80 Å². The number of non-ortho nitro benzene ring substituents is 1. The molecule has 27 heavy (non-hydrogen) atoms. The van der Waals surface area contributed by atoms with Gasteiger partial charge in [-0.15, -0.1) is 0 Å². The van der Waals surface area contributed by atoms with Gasteiger partial charge in [0.1, 0.15) is 5.82 Å². The maximum atomic E-state index is 11.3. The SMILES string of the molecule is CCc1nsc(N2CCCN(c3ccc([N+](=O)[O-])c4cnccc34)CC2)n1. The second-order valence-electron chi connectivity index (χ2n) is 6.46. The predicted molar refractivity (Wildman–Crippen MR) is 107 cm³/mol. The summed E-state index contributed by atoms with van der Waals surface area (Å²) in [5.74, 6) is 0.893.